The summed E-state index contributed by atoms with van der Waals surface area (Å²) in [6, 6.07) is 5.93. The molecule has 122 valence electrons. The van der Waals surface area contributed by atoms with Gasteiger partial charge in [0.2, 0.25) is 5.95 Å². The van der Waals surface area contributed by atoms with Crippen molar-refractivity contribution in [2.24, 2.45) is 0 Å². The highest BCUT2D eigenvalue weighted by Gasteiger charge is 2.13. The summed E-state index contributed by atoms with van der Waals surface area (Å²) in [4.78, 5) is 15.3. The summed E-state index contributed by atoms with van der Waals surface area (Å²) >= 11 is 0. The maximum atomic E-state index is 5.81. The lowest BCUT2D eigenvalue weighted by molar-refractivity contribution is 0.122. The number of morpholine rings is 1. The van der Waals surface area contributed by atoms with Gasteiger partial charge in [0.1, 0.15) is 11.6 Å². The number of rotatable bonds is 5. The number of nitrogens with zero attached hydrogens (tertiary/aromatic N) is 4. The number of nitrogens with two attached hydrogens (primary N) is 1. The fourth-order valence-electron chi connectivity index (χ4n) is 2.47. The van der Waals surface area contributed by atoms with E-state index in [4.69, 9.17) is 10.5 Å². The highest BCUT2D eigenvalue weighted by atomic mass is 16.5. The van der Waals surface area contributed by atoms with Crippen LogP contribution in [0.4, 0.5) is 17.6 Å². The minimum absolute atomic E-state index is 0.262. The third-order valence-corrected chi connectivity index (χ3v) is 3.68. The largest absolute Gasteiger partial charge is 0.378 e. The Morgan fingerprint density at radius 1 is 1.26 bits per heavy atom. The lowest BCUT2D eigenvalue weighted by atomic mass is 10.2. The first kappa shape index (κ1) is 15.5. The van der Waals surface area contributed by atoms with Crippen LogP contribution >= 0.6 is 0 Å². The number of hydrogen-bond donors (Lipinski definition) is 2. The average molecular weight is 314 g/mol. The molecule has 3 heterocycles. The van der Waals surface area contributed by atoms with Crippen LogP contribution in [0, 0.1) is 0 Å². The molecule has 3 rings (SSSR count). The molecule has 0 radical (unpaired) electrons. The number of ether oxygens (including phenoxy) is 1. The van der Waals surface area contributed by atoms with Crippen LogP contribution in [0.5, 0.6) is 0 Å². The maximum Gasteiger partial charge on any atom is 0.222 e. The molecule has 1 saturated heterocycles. The summed E-state index contributed by atoms with van der Waals surface area (Å²) in [5.74, 6) is 1.97. The molecule has 0 atom stereocenters. The highest BCUT2D eigenvalue weighted by Crippen LogP contribution is 2.22. The molecule has 1 aliphatic rings. The number of nitrogens with one attached hydrogen (secondary N) is 1. The predicted molar refractivity (Wildman–Crippen MR) is 91.5 cm³/mol. The van der Waals surface area contributed by atoms with E-state index in [2.05, 4.69) is 32.1 Å². The van der Waals surface area contributed by atoms with Gasteiger partial charge in [0, 0.05) is 37.5 Å². The second kappa shape index (κ2) is 7.23. The van der Waals surface area contributed by atoms with Crippen molar-refractivity contribution in [1.82, 2.24) is 15.0 Å². The van der Waals surface area contributed by atoms with Gasteiger partial charge < -0.3 is 20.7 Å². The molecule has 2 aromatic rings. The van der Waals surface area contributed by atoms with Crippen molar-refractivity contribution in [3.63, 3.8) is 0 Å². The second-order valence-electron chi connectivity index (χ2n) is 5.43. The van der Waals surface area contributed by atoms with Gasteiger partial charge in [-0.1, -0.05) is 6.92 Å². The Morgan fingerprint density at radius 2 is 2.09 bits per heavy atom. The maximum absolute atomic E-state index is 5.81. The third-order valence-electron chi connectivity index (χ3n) is 3.68. The Kier molecular flexibility index (Phi) is 4.87. The van der Waals surface area contributed by atoms with Crippen molar-refractivity contribution in [3.05, 3.63) is 24.4 Å². The molecule has 0 bridgehead atoms. The van der Waals surface area contributed by atoms with Crippen LogP contribution in [-0.2, 0) is 4.74 Å². The van der Waals surface area contributed by atoms with Crippen LogP contribution in [0.25, 0.3) is 11.3 Å². The van der Waals surface area contributed by atoms with Crippen LogP contribution in [0.15, 0.2) is 24.4 Å². The van der Waals surface area contributed by atoms with Crippen molar-refractivity contribution in [2.45, 2.75) is 13.3 Å². The van der Waals surface area contributed by atoms with E-state index in [0.29, 0.717) is 0 Å². The quantitative estimate of drug-likeness (QED) is 0.869. The third kappa shape index (κ3) is 3.87. The first-order chi connectivity index (χ1) is 11.3. The van der Waals surface area contributed by atoms with Gasteiger partial charge >= 0.3 is 0 Å². The Hall–Kier alpha value is -2.41. The monoisotopic (exact) mass is 314 g/mol. The molecule has 1 fully saturated rings. The minimum atomic E-state index is 0.262. The SMILES string of the molecule is CCCNc1cc(-c2ccc(N3CCOCC3)nc2)nc(N)n1. The number of nitrogen functional groups attached to an aromatic ring is 1. The van der Waals surface area contributed by atoms with Crippen LogP contribution in [0.3, 0.4) is 0 Å². The standard InChI is InChI=1S/C16H22N6O/c1-2-5-18-14-10-13(20-16(17)21-14)12-3-4-15(19-11-12)22-6-8-23-9-7-22/h3-4,10-11H,2,5-9H2,1H3,(H3,17,18,20,21). The van der Waals surface area contributed by atoms with E-state index in [1.54, 1.807) is 0 Å². The summed E-state index contributed by atoms with van der Waals surface area (Å²) in [6.45, 7) is 6.20. The van der Waals surface area contributed by atoms with E-state index >= 15 is 0 Å². The minimum Gasteiger partial charge on any atom is -0.378 e. The first-order valence-electron chi connectivity index (χ1n) is 7.94. The highest BCUT2D eigenvalue weighted by molar-refractivity contribution is 5.64. The van der Waals surface area contributed by atoms with Crippen molar-refractivity contribution in [1.29, 1.82) is 0 Å². The zero-order valence-corrected chi connectivity index (χ0v) is 13.3. The molecular weight excluding hydrogens is 292 g/mol. The zero-order chi connectivity index (χ0) is 16.1. The summed E-state index contributed by atoms with van der Waals surface area (Å²) in [5, 5.41) is 3.23. The lowest BCUT2D eigenvalue weighted by Crippen LogP contribution is -2.36. The molecule has 0 saturated carbocycles. The van der Waals surface area contributed by atoms with E-state index in [1.807, 2.05) is 24.4 Å². The van der Waals surface area contributed by atoms with Crippen LogP contribution < -0.4 is 16.0 Å². The van der Waals surface area contributed by atoms with Crippen molar-refractivity contribution in [3.8, 4) is 11.3 Å². The summed E-state index contributed by atoms with van der Waals surface area (Å²) < 4.78 is 5.37. The van der Waals surface area contributed by atoms with Crippen molar-refractivity contribution < 1.29 is 4.74 Å². The summed E-state index contributed by atoms with van der Waals surface area (Å²) in [6.07, 6.45) is 2.85. The van der Waals surface area contributed by atoms with E-state index in [-0.39, 0.29) is 5.95 Å². The molecule has 7 heteroatoms. The van der Waals surface area contributed by atoms with Gasteiger partial charge in [-0.05, 0) is 18.6 Å². The molecule has 0 amide bonds. The van der Waals surface area contributed by atoms with Gasteiger partial charge in [-0.2, -0.15) is 4.98 Å². The second-order valence-corrected chi connectivity index (χ2v) is 5.43. The molecule has 7 nitrogen and oxygen atoms in total. The van der Waals surface area contributed by atoms with Gasteiger partial charge in [0.15, 0.2) is 0 Å². The fourth-order valence-corrected chi connectivity index (χ4v) is 2.47. The van der Waals surface area contributed by atoms with Gasteiger partial charge in [-0.25, -0.2) is 9.97 Å². The van der Waals surface area contributed by atoms with Gasteiger partial charge in [0.25, 0.3) is 0 Å². The molecule has 0 unspecified atom stereocenters. The van der Waals surface area contributed by atoms with Crippen LogP contribution in [-0.4, -0.2) is 47.8 Å². The lowest BCUT2D eigenvalue weighted by Gasteiger charge is -2.27. The Bertz CT molecular complexity index is 640. The smallest absolute Gasteiger partial charge is 0.222 e. The van der Waals surface area contributed by atoms with E-state index in [9.17, 15) is 0 Å². The Labute approximate surface area is 135 Å². The van der Waals surface area contributed by atoms with Gasteiger partial charge in [-0.15, -0.1) is 0 Å². The van der Waals surface area contributed by atoms with Crippen molar-refractivity contribution in [2.75, 3.05) is 48.8 Å². The van der Waals surface area contributed by atoms with E-state index in [0.717, 1.165) is 62.2 Å². The molecule has 3 N–H and O–H groups in total. The summed E-state index contributed by atoms with van der Waals surface area (Å²) in [5.41, 5.74) is 7.51. The predicted octanol–water partition coefficient (Wildman–Crippen LogP) is 1.78. The van der Waals surface area contributed by atoms with Gasteiger partial charge in [-0.3, -0.25) is 0 Å². The van der Waals surface area contributed by atoms with Crippen LogP contribution in [0.2, 0.25) is 0 Å². The number of aromatic nitrogens is 3. The van der Waals surface area contributed by atoms with E-state index in [1.165, 1.54) is 0 Å². The fraction of sp³-hybridized carbons (Fsp3) is 0.438. The van der Waals surface area contributed by atoms with Gasteiger partial charge in [0.05, 0.1) is 18.9 Å². The van der Waals surface area contributed by atoms with Crippen molar-refractivity contribution >= 4 is 17.6 Å². The zero-order valence-electron chi connectivity index (χ0n) is 13.3. The first-order valence-corrected chi connectivity index (χ1v) is 7.94. The Morgan fingerprint density at radius 3 is 2.78 bits per heavy atom. The molecule has 0 aromatic carbocycles. The van der Waals surface area contributed by atoms with Crippen LogP contribution in [0.1, 0.15) is 13.3 Å². The molecule has 23 heavy (non-hydrogen) atoms. The molecule has 0 spiro atoms. The average Bonchev–Trinajstić information content (AvgIpc) is 2.60. The molecule has 1 aliphatic heterocycles. The Balaban J connectivity index is 1.79. The number of pyridine rings is 1. The van der Waals surface area contributed by atoms with E-state index < -0.39 is 0 Å². The molecule has 2 aromatic heterocycles. The molecule has 0 aliphatic carbocycles. The topological polar surface area (TPSA) is 89.2 Å². The normalized spacial score (nSPS) is 14.7. The number of anilines is 3. The number of hydrogen-bond acceptors (Lipinski definition) is 7. The summed E-state index contributed by atoms with van der Waals surface area (Å²) in [7, 11) is 0. The molecular formula is C16H22N6O.